The van der Waals surface area contributed by atoms with Gasteiger partial charge < -0.3 is 0 Å². The third-order valence-electron chi connectivity index (χ3n) is 3.68. The first-order valence-corrected chi connectivity index (χ1v) is 6.58. The van der Waals surface area contributed by atoms with Crippen molar-refractivity contribution >= 4 is 6.29 Å². The predicted octanol–water partition coefficient (Wildman–Crippen LogP) is 3.62. The zero-order chi connectivity index (χ0) is 13.2. The highest BCUT2D eigenvalue weighted by Crippen LogP contribution is 2.31. The molecule has 3 nitrogen and oxygen atoms in total. The van der Waals surface area contributed by atoms with E-state index in [1.165, 1.54) is 25.0 Å². The fourth-order valence-corrected chi connectivity index (χ4v) is 2.71. The van der Waals surface area contributed by atoms with E-state index in [2.05, 4.69) is 5.10 Å². The molecule has 0 unspecified atom stereocenters. The van der Waals surface area contributed by atoms with Gasteiger partial charge in [-0.15, -0.1) is 0 Å². The molecule has 2 aromatic rings. The average Bonchev–Trinajstić information content (AvgIpc) is 3.07. The molecule has 1 fully saturated rings. The Kier molecular flexibility index (Phi) is 3.15. The van der Waals surface area contributed by atoms with E-state index < -0.39 is 0 Å². The van der Waals surface area contributed by atoms with Crippen molar-refractivity contribution in [2.45, 2.75) is 31.7 Å². The van der Waals surface area contributed by atoms with Gasteiger partial charge in [-0.25, -0.2) is 4.39 Å². The maximum atomic E-state index is 13.3. The highest BCUT2D eigenvalue weighted by Gasteiger charge is 2.20. The highest BCUT2D eigenvalue weighted by molar-refractivity contribution is 5.85. The Hall–Kier alpha value is -1.97. The molecule has 98 valence electrons. The third kappa shape index (κ3) is 2.30. The molecule has 0 radical (unpaired) electrons. The van der Waals surface area contributed by atoms with E-state index in [-0.39, 0.29) is 5.82 Å². The van der Waals surface area contributed by atoms with Gasteiger partial charge in [-0.05, 0) is 25.0 Å². The van der Waals surface area contributed by atoms with Crippen molar-refractivity contribution in [1.29, 1.82) is 0 Å². The summed E-state index contributed by atoms with van der Waals surface area (Å²) in [5, 5.41) is 4.49. The number of hydrogen-bond acceptors (Lipinski definition) is 2. The highest BCUT2D eigenvalue weighted by atomic mass is 19.1. The van der Waals surface area contributed by atoms with Crippen LogP contribution in [0.25, 0.3) is 11.3 Å². The summed E-state index contributed by atoms with van der Waals surface area (Å²) < 4.78 is 15.1. The average molecular weight is 258 g/mol. The SMILES string of the molecule is O=Cc1cn(C2CCCC2)nc1-c1cccc(F)c1. The minimum absolute atomic E-state index is 0.315. The second-order valence-corrected chi connectivity index (χ2v) is 4.98. The maximum absolute atomic E-state index is 13.3. The zero-order valence-corrected chi connectivity index (χ0v) is 10.6. The van der Waals surface area contributed by atoms with Crippen LogP contribution in [-0.4, -0.2) is 16.1 Å². The van der Waals surface area contributed by atoms with Crippen molar-refractivity contribution in [2.75, 3.05) is 0 Å². The Labute approximate surface area is 111 Å². The summed E-state index contributed by atoms with van der Waals surface area (Å²) in [6.45, 7) is 0. The number of hydrogen-bond donors (Lipinski definition) is 0. The van der Waals surface area contributed by atoms with Crippen LogP contribution in [0.15, 0.2) is 30.5 Å². The summed E-state index contributed by atoms with van der Waals surface area (Å²) in [5.74, 6) is -0.315. The first-order valence-electron chi connectivity index (χ1n) is 6.58. The number of benzene rings is 1. The minimum atomic E-state index is -0.315. The standard InChI is InChI=1S/C15H15FN2O/c16-13-5-3-4-11(8-13)15-12(10-19)9-18(17-15)14-6-1-2-7-14/h3-5,8-10,14H,1-2,6-7H2. The predicted molar refractivity (Wildman–Crippen MR) is 70.5 cm³/mol. The summed E-state index contributed by atoms with van der Waals surface area (Å²) in [4.78, 5) is 11.2. The van der Waals surface area contributed by atoms with Crippen molar-refractivity contribution < 1.29 is 9.18 Å². The summed E-state index contributed by atoms with van der Waals surface area (Å²) in [6.07, 6.45) is 7.18. The van der Waals surface area contributed by atoms with E-state index in [4.69, 9.17) is 0 Å². The van der Waals surface area contributed by atoms with E-state index in [9.17, 15) is 9.18 Å². The fourth-order valence-electron chi connectivity index (χ4n) is 2.71. The van der Waals surface area contributed by atoms with Gasteiger partial charge in [-0.2, -0.15) is 5.10 Å². The molecule has 1 aliphatic carbocycles. The van der Waals surface area contributed by atoms with Crippen LogP contribution in [-0.2, 0) is 0 Å². The maximum Gasteiger partial charge on any atom is 0.153 e. The van der Waals surface area contributed by atoms with Gasteiger partial charge in [-0.1, -0.05) is 25.0 Å². The summed E-state index contributed by atoms with van der Waals surface area (Å²) in [6, 6.07) is 6.58. The molecule has 0 amide bonds. The van der Waals surface area contributed by atoms with Crippen LogP contribution < -0.4 is 0 Å². The number of aromatic nitrogens is 2. The van der Waals surface area contributed by atoms with Gasteiger partial charge in [0.2, 0.25) is 0 Å². The van der Waals surface area contributed by atoms with Crippen molar-refractivity contribution in [1.82, 2.24) is 9.78 Å². The van der Waals surface area contributed by atoms with E-state index in [0.29, 0.717) is 22.9 Å². The molecule has 1 aliphatic rings. The van der Waals surface area contributed by atoms with Crippen LogP contribution >= 0.6 is 0 Å². The monoisotopic (exact) mass is 258 g/mol. The molecular weight excluding hydrogens is 243 g/mol. The Morgan fingerprint density at radius 3 is 2.79 bits per heavy atom. The molecule has 1 saturated carbocycles. The quantitative estimate of drug-likeness (QED) is 0.788. The summed E-state index contributed by atoms with van der Waals surface area (Å²) in [5.41, 5.74) is 1.75. The largest absolute Gasteiger partial charge is 0.298 e. The Morgan fingerprint density at radius 1 is 1.32 bits per heavy atom. The smallest absolute Gasteiger partial charge is 0.153 e. The van der Waals surface area contributed by atoms with Crippen LogP contribution in [0.3, 0.4) is 0 Å². The summed E-state index contributed by atoms with van der Waals surface area (Å²) in [7, 11) is 0. The Balaban J connectivity index is 2.02. The third-order valence-corrected chi connectivity index (χ3v) is 3.68. The van der Waals surface area contributed by atoms with Gasteiger partial charge in [0, 0.05) is 11.8 Å². The van der Waals surface area contributed by atoms with Crippen molar-refractivity contribution in [3.05, 3.63) is 41.8 Å². The molecular formula is C15H15FN2O. The molecule has 19 heavy (non-hydrogen) atoms. The molecule has 4 heteroatoms. The zero-order valence-electron chi connectivity index (χ0n) is 10.6. The fraction of sp³-hybridized carbons (Fsp3) is 0.333. The lowest BCUT2D eigenvalue weighted by atomic mass is 10.1. The second-order valence-electron chi connectivity index (χ2n) is 4.98. The van der Waals surface area contributed by atoms with Crippen molar-refractivity contribution in [3.8, 4) is 11.3 Å². The molecule has 1 aromatic carbocycles. The van der Waals surface area contributed by atoms with Gasteiger partial charge >= 0.3 is 0 Å². The molecule has 0 atom stereocenters. The number of carbonyl (C=O) groups excluding carboxylic acids is 1. The van der Waals surface area contributed by atoms with Gasteiger partial charge in [0.1, 0.15) is 11.5 Å². The minimum Gasteiger partial charge on any atom is -0.298 e. The lowest BCUT2D eigenvalue weighted by Crippen LogP contribution is -2.04. The van der Waals surface area contributed by atoms with E-state index >= 15 is 0 Å². The molecule has 0 aliphatic heterocycles. The first-order chi connectivity index (χ1) is 9.28. The molecule has 1 heterocycles. The number of nitrogens with zero attached hydrogens (tertiary/aromatic N) is 2. The van der Waals surface area contributed by atoms with Crippen molar-refractivity contribution in [3.63, 3.8) is 0 Å². The van der Waals surface area contributed by atoms with Crippen LogP contribution in [0.2, 0.25) is 0 Å². The van der Waals surface area contributed by atoms with Gasteiger partial charge in [-0.3, -0.25) is 9.48 Å². The van der Waals surface area contributed by atoms with Crippen LogP contribution in [0, 0.1) is 5.82 Å². The normalized spacial score (nSPS) is 15.8. The van der Waals surface area contributed by atoms with E-state index in [1.54, 1.807) is 18.3 Å². The van der Waals surface area contributed by atoms with Crippen LogP contribution in [0.5, 0.6) is 0 Å². The Morgan fingerprint density at radius 2 is 2.11 bits per heavy atom. The molecule has 0 bridgehead atoms. The van der Waals surface area contributed by atoms with Crippen molar-refractivity contribution in [2.24, 2.45) is 0 Å². The number of carbonyl (C=O) groups is 1. The number of rotatable bonds is 3. The van der Waals surface area contributed by atoms with Crippen LogP contribution in [0.1, 0.15) is 42.1 Å². The topological polar surface area (TPSA) is 34.9 Å². The molecule has 0 saturated heterocycles. The lowest BCUT2D eigenvalue weighted by Gasteiger charge is -2.08. The van der Waals surface area contributed by atoms with Gasteiger partial charge in [0.15, 0.2) is 6.29 Å². The molecule has 1 aromatic heterocycles. The van der Waals surface area contributed by atoms with E-state index in [1.807, 2.05) is 4.68 Å². The molecule has 0 N–H and O–H groups in total. The van der Waals surface area contributed by atoms with E-state index in [0.717, 1.165) is 19.1 Å². The summed E-state index contributed by atoms with van der Waals surface area (Å²) >= 11 is 0. The van der Waals surface area contributed by atoms with Gasteiger partial charge in [0.25, 0.3) is 0 Å². The first kappa shape index (κ1) is 12.1. The van der Waals surface area contributed by atoms with Crippen LogP contribution in [0.4, 0.5) is 4.39 Å². The number of halogens is 1. The van der Waals surface area contributed by atoms with Gasteiger partial charge in [0.05, 0.1) is 11.6 Å². The Bertz CT molecular complexity index is 600. The second kappa shape index (κ2) is 4.96. The lowest BCUT2D eigenvalue weighted by molar-refractivity contribution is 0.112. The number of aldehydes is 1. The molecule has 3 rings (SSSR count). The molecule has 0 spiro atoms.